The molecule has 152 valence electrons. The van der Waals surface area contributed by atoms with Crippen LogP contribution < -0.4 is 16.0 Å². The SMILES string of the molecule is CCOC(=O)c1sc(C(C)NC(=NC)NCCNC(=O)C(C)(C)C)nc1C. The van der Waals surface area contributed by atoms with Crippen LogP contribution in [0.5, 0.6) is 0 Å². The molecule has 1 rings (SSSR count). The summed E-state index contributed by atoms with van der Waals surface area (Å²) < 4.78 is 5.05. The molecule has 0 aliphatic carbocycles. The molecule has 0 aromatic carbocycles. The molecule has 1 atom stereocenters. The average molecular weight is 398 g/mol. The van der Waals surface area contributed by atoms with Gasteiger partial charge in [-0.2, -0.15) is 0 Å². The lowest BCUT2D eigenvalue weighted by Gasteiger charge is -2.19. The number of thiazole rings is 1. The number of aliphatic imine (C=N–C) groups is 1. The number of rotatable bonds is 7. The number of nitrogens with zero attached hydrogens (tertiary/aromatic N) is 2. The van der Waals surface area contributed by atoms with Crippen molar-refractivity contribution in [2.75, 3.05) is 26.7 Å². The van der Waals surface area contributed by atoms with Gasteiger partial charge >= 0.3 is 5.97 Å². The minimum atomic E-state index is -0.409. The maximum Gasteiger partial charge on any atom is 0.350 e. The van der Waals surface area contributed by atoms with Crippen LogP contribution in [0.25, 0.3) is 0 Å². The largest absolute Gasteiger partial charge is 0.462 e. The molecule has 1 amide bonds. The van der Waals surface area contributed by atoms with Crippen LogP contribution in [0.2, 0.25) is 0 Å². The molecule has 0 fully saturated rings. The van der Waals surface area contributed by atoms with Crippen molar-refractivity contribution in [3.05, 3.63) is 15.6 Å². The van der Waals surface area contributed by atoms with Gasteiger partial charge < -0.3 is 20.7 Å². The van der Waals surface area contributed by atoms with Crippen molar-refractivity contribution in [1.29, 1.82) is 0 Å². The quantitative estimate of drug-likeness (QED) is 0.281. The lowest BCUT2D eigenvalue weighted by Crippen LogP contribution is -2.44. The second-order valence-corrected chi connectivity index (χ2v) is 8.09. The van der Waals surface area contributed by atoms with Gasteiger partial charge in [0.2, 0.25) is 5.91 Å². The smallest absolute Gasteiger partial charge is 0.350 e. The van der Waals surface area contributed by atoms with Gasteiger partial charge in [-0.25, -0.2) is 9.78 Å². The van der Waals surface area contributed by atoms with Gasteiger partial charge in [0, 0.05) is 25.6 Å². The monoisotopic (exact) mass is 397 g/mol. The van der Waals surface area contributed by atoms with E-state index in [2.05, 4.69) is 25.9 Å². The predicted octanol–water partition coefficient (Wildman–Crippen LogP) is 2.02. The van der Waals surface area contributed by atoms with Gasteiger partial charge in [-0.3, -0.25) is 9.79 Å². The van der Waals surface area contributed by atoms with Crippen LogP contribution in [0, 0.1) is 12.3 Å². The maximum absolute atomic E-state index is 11.9. The van der Waals surface area contributed by atoms with E-state index in [0.29, 0.717) is 36.2 Å². The molecule has 1 aromatic heterocycles. The molecule has 1 aromatic rings. The molecule has 0 bridgehead atoms. The highest BCUT2D eigenvalue weighted by Crippen LogP contribution is 2.24. The van der Waals surface area contributed by atoms with Crippen LogP contribution in [-0.2, 0) is 9.53 Å². The Balaban J connectivity index is 2.57. The summed E-state index contributed by atoms with van der Waals surface area (Å²) >= 11 is 1.32. The Kier molecular flexibility index (Phi) is 8.68. The number of esters is 1. The number of nitrogens with one attached hydrogen (secondary N) is 3. The Bertz CT molecular complexity index is 679. The lowest BCUT2D eigenvalue weighted by molar-refractivity contribution is -0.128. The third-order valence-corrected chi connectivity index (χ3v) is 4.93. The number of aromatic nitrogens is 1. The Hall–Kier alpha value is -2.16. The number of carbonyl (C=O) groups excluding carboxylic acids is 2. The van der Waals surface area contributed by atoms with E-state index in [-0.39, 0.29) is 17.9 Å². The summed E-state index contributed by atoms with van der Waals surface area (Å²) in [5.41, 5.74) is 0.253. The molecule has 8 nitrogen and oxygen atoms in total. The van der Waals surface area contributed by atoms with Gasteiger partial charge in [0.05, 0.1) is 18.3 Å². The Morgan fingerprint density at radius 3 is 2.44 bits per heavy atom. The van der Waals surface area contributed by atoms with Crippen molar-refractivity contribution in [3.8, 4) is 0 Å². The minimum Gasteiger partial charge on any atom is -0.462 e. The zero-order valence-electron chi connectivity index (χ0n) is 17.2. The van der Waals surface area contributed by atoms with Crippen molar-refractivity contribution < 1.29 is 14.3 Å². The van der Waals surface area contributed by atoms with Gasteiger partial charge in [0.1, 0.15) is 9.88 Å². The normalized spacial score (nSPS) is 13.1. The van der Waals surface area contributed by atoms with Crippen molar-refractivity contribution >= 4 is 29.2 Å². The molecule has 9 heteroatoms. The summed E-state index contributed by atoms with van der Waals surface area (Å²) in [5.74, 6) is 0.256. The van der Waals surface area contributed by atoms with Crippen LogP contribution in [0.15, 0.2) is 4.99 Å². The second-order valence-electron chi connectivity index (χ2n) is 7.06. The highest BCUT2D eigenvalue weighted by Gasteiger charge is 2.21. The molecule has 0 spiro atoms. The third kappa shape index (κ3) is 7.16. The first-order valence-electron chi connectivity index (χ1n) is 9.00. The Morgan fingerprint density at radius 2 is 1.89 bits per heavy atom. The minimum absolute atomic E-state index is 0.00497. The fraction of sp³-hybridized carbons (Fsp3) is 0.667. The summed E-state index contributed by atoms with van der Waals surface area (Å²) in [6.07, 6.45) is 0. The fourth-order valence-electron chi connectivity index (χ4n) is 2.07. The number of guanidine groups is 1. The van der Waals surface area contributed by atoms with E-state index < -0.39 is 5.41 Å². The molecule has 0 radical (unpaired) electrons. The number of hydrogen-bond acceptors (Lipinski definition) is 6. The summed E-state index contributed by atoms with van der Waals surface area (Å²) in [5, 5.41) is 10.0. The van der Waals surface area contributed by atoms with E-state index in [1.54, 1.807) is 20.9 Å². The molecule has 27 heavy (non-hydrogen) atoms. The molecule has 1 heterocycles. The standard InChI is InChI=1S/C18H31N5O3S/c1-8-26-15(24)13-11(2)22-14(27-13)12(3)23-17(19-7)21-10-9-20-16(25)18(4,5)6/h12H,8-10H2,1-7H3,(H,20,25)(H2,19,21,23). The van der Waals surface area contributed by atoms with E-state index in [1.165, 1.54) is 11.3 Å². The predicted molar refractivity (Wildman–Crippen MR) is 108 cm³/mol. The van der Waals surface area contributed by atoms with Crippen molar-refractivity contribution in [2.24, 2.45) is 10.4 Å². The van der Waals surface area contributed by atoms with Crippen molar-refractivity contribution in [1.82, 2.24) is 20.9 Å². The maximum atomic E-state index is 11.9. The summed E-state index contributed by atoms with van der Waals surface area (Å²) in [4.78, 5) is 32.9. The first kappa shape index (κ1) is 22.9. The number of amides is 1. The summed E-state index contributed by atoms with van der Waals surface area (Å²) in [7, 11) is 1.67. The molecule has 0 saturated carbocycles. The van der Waals surface area contributed by atoms with Gasteiger partial charge in [0.25, 0.3) is 0 Å². The highest BCUT2D eigenvalue weighted by molar-refractivity contribution is 7.13. The molecule has 1 unspecified atom stereocenters. The van der Waals surface area contributed by atoms with E-state index >= 15 is 0 Å². The molecule has 0 aliphatic heterocycles. The lowest BCUT2D eigenvalue weighted by atomic mass is 9.96. The van der Waals surface area contributed by atoms with E-state index in [1.807, 2.05) is 27.7 Å². The molecule has 0 saturated heterocycles. The van der Waals surface area contributed by atoms with E-state index in [9.17, 15) is 9.59 Å². The molecular formula is C18H31N5O3S. The Morgan fingerprint density at radius 1 is 1.26 bits per heavy atom. The summed E-state index contributed by atoms with van der Waals surface area (Å²) in [6, 6.07) is -0.132. The van der Waals surface area contributed by atoms with Gasteiger partial charge in [0.15, 0.2) is 5.96 Å². The van der Waals surface area contributed by atoms with Crippen LogP contribution in [0.4, 0.5) is 0 Å². The number of ether oxygens (including phenoxy) is 1. The van der Waals surface area contributed by atoms with Crippen molar-refractivity contribution in [3.63, 3.8) is 0 Å². The first-order valence-corrected chi connectivity index (χ1v) is 9.81. The van der Waals surface area contributed by atoms with Gasteiger partial charge in [-0.05, 0) is 20.8 Å². The fourth-order valence-corrected chi connectivity index (χ4v) is 3.04. The topological polar surface area (TPSA) is 105 Å². The average Bonchev–Trinajstić information content (AvgIpc) is 2.98. The van der Waals surface area contributed by atoms with E-state index in [0.717, 1.165) is 5.01 Å². The second kappa shape index (κ2) is 10.2. The van der Waals surface area contributed by atoms with E-state index in [4.69, 9.17) is 4.74 Å². The third-order valence-electron chi connectivity index (χ3n) is 3.61. The van der Waals surface area contributed by atoms with Crippen LogP contribution in [0.1, 0.15) is 61.0 Å². The van der Waals surface area contributed by atoms with Crippen LogP contribution in [0.3, 0.4) is 0 Å². The molecule has 3 N–H and O–H groups in total. The zero-order valence-corrected chi connectivity index (χ0v) is 18.0. The number of aryl methyl sites for hydroxylation is 1. The Labute approximate surface area is 165 Å². The highest BCUT2D eigenvalue weighted by atomic mass is 32.1. The van der Waals surface area contributed by atoms with Crippen LogP contribution in [-0.4, -0.2) is 49.6 Å². The summed E-state index contributed by atoms with van der Waals surface area (Å²) in [6.45, 7) is 12.5. The van der Waals surface area contributed by atoms with Gasteiger partial charge in [-0.15, -0.1) is 11.3 Å². The molecule has 0 aliphatic rings. The zero-order chi connectivity index (χ0) is 20.6. The first-order chi connectivity index (χ1) is 12.6. The number of hydrogen-bond donors (Lipinski definition) is 3. The van der Waals surface area contributed by atoms with Gasteiger partial charge in [-0.1, -0.05) is 20.8 Å². The number of carbonyl (C=O) groups is 2. The van der Waals surface area contributed by atoms with Crippen molar-refractivity contribution in [2.45, 2.75) is 47.6 Å². The van der Waals surface area contributed by atoms with Crippen LogP contribution >= 0.6 is 11.3 Å². The molecular weight excluding hydrogens is 366 g/mol.